The first kappa shape index (κ1) is 19.0. The highest BCUT2D eigenvalue weighted by molar-refractivity contribution is 5.98. The number of aryl methyl sites for hydroxylation is 2. The fourth-order valence-electron chi connectivity index (χ4n) is 3.25. The van der Waals surface area contributed by atoms with Crippen molar-refractivity contribution in [3.8, 4) is 11.3 Å². The SMILES string of the molecule is Cc1cc2nc(-c3ccc(F)cc3)ccc2c(C)c1NC(=O)CC(C)(C)C. The van der Waals surface area contributed by atoms with Crippen LogP contribution in [0.15, 0.2) is 42.5 Å². The second-order valence-corrected chi connectivity index (χ2v) is 8.25. The van der Waals surface area contributed by atoms with E-state index in [2.05, 4.69) is 5.32 Å². The number of amides is 1. The summed E-state index contributed by atoms with van der Waals surface area (Å²) in [4.78, 5) is 17.1. The minimum atomic E-state index is -0.262. The average molecular weight is 364 g/mol. The molecule has 0 aliphatic carbocycles. The normalized spacial score (nSPS) is 11.6. The molecule has 0 spiro atoms. The van der Waals surface area contributed by atoms with Crippen LogP contribution >= 0.6 is 0 Å². The molecule has 4 heteroatoms. The molecule has 0 atom stereocenters. The second kappa shape index (κ2) is 7.10. The maximum absolute atomic E-state index is 13.2. The molecular formula is C23H25FN2O. The third-order valence-corrected chi connectivity index (χ3v) is 4.55. The van der Waals surface area contributed by atoms with Crippen LogP contribution in [0.2, 0.25) is 0 Å². The van der Waals surface area contributed by atoms with Gasteiger partial charge in [-0.05, 0) is 66.8 Å². The lowest BCUT2D eigenvalue weighted by Gasteiger charge is -2.19. The molecule has 1 heterocycles. The molecule has 0 saturated heterocycles. The average Bonchev–Trinajstić information content (AvgIpc) is 2.57. The number of nitrogens with zero attached hydrogens (tertiary/aromatic N) is 1. The molecular weight excluding hydrogens is 339 g/mol. The molecule has 2 aromatic carbocycles. The van der Waals surface area contributed by atoms with Crippen molar-refractivity contribution in [2.75, 3.05) is 5.32 Å². The summed E-state index contributed by atoms with van der Waals surface area (Å²) in [6.07, 6.45) is 0.464. The minimum absolute atomic E-state index is 0.0175. The van der Waals surface area contributed by atoms with Gasteiger partial charge >= 0.3 is 0 Å². The highest BCUT2D eigenvalue weighted by Crippen LogP contribution is 2.31. The highest BCUT2D eigenvalue weighted by atomic mass is 19.1. The van der Waals surface area contributed by atoms with Gasteiger partial charge in [0.1, 0.15) is 5.82 Å². The van der Waals surface area contributed by atoms with Gasteiger partial charge in [0.15, 0.2) is 0 Å². The quantitative estimate of drug-likeness (QED) is 0.616. The van der Waals surface area contributed by atoms with E-state index >= 15 is 0 Å². The predicted molar refractivity (Wildman–Crippen MR) is 109 cm³/mol. The zero-order chi connectivity index (χ0) is 19.8. The molecule has 0 unspecified atom stereocenters. The Morgan fingerprint density at radius 2 is 1.74 bits per heavy atom. The van der Waals surface area contributed by atoms with E-state index in [9.17, 15) is 9.18 Å². The summed E-state index contributed by atoms with van der Waals surface area (Å²) in [6.45, 7) is 10.1. The summed E-state index contributed by atoms with van der Waals surface area (Å²) in [6, 6.07) is 12.3. The number of anilines is 1. The standard InChI is InChI=1S/C23H25FN2O/c1-14-12-20-18(15(2)22(14)26-21(27)13-23(3,4)5)10-11-19(25-20)16-6-8-17(24)9-7-16/h6-12H,13H2,1-5H3,(H,26,27). The largest absolute Gasteiger partial charge is 0.326 e. The predicted octanol–water partition coefficient (Wildman–Crippen LogP) is 6.03. The van der Waals surface area contributed by atoms with Gasteiger partial charge in [0.2, 0.25) is 5.91 Å². The van der Waals surface area contributed by atoms with Crippen LogP contribution in [0.5, 0.6) is 0 Å². The van der Waals surface area contributed by atoms with E-state index in [0.29, 0.717) is 6.42 Å². The third-order valence-electron chi connectivity index (χ3n) is 4.55. The van der Waals surface area contributed by atoms with Gasteiger partial charge in [-0.2, -0.15) is 0 Å². The molecule has 1 aromatic heterocycles. The Morgan fingerprint density at radius 1 is 1.07 bits per heavy atom. The van der Waals surface area contributed by atoms with Crippen LogP contribution in [0.25, 0.3) is 22.2 Å². The first-order chi connectivity index (χ1) is 12.6. The Balaban J connectivity index is 1.98. The number of halogens is 1. The van der Waals surface area contributed by atoms with Gasteiger partial charge in [-0.3, -0.25) is 4.79 Å². The van der Waals surface area contributed by atoms with Gasteiger partial charge in [-0.25, -0.2) is 9.37 Å². The molecule has 0 saturated carbocycles. The lowest BCUT2D eigenvalue weighted by atomic mass is 9.91. The van der Waals surface area contributed by atoms with Crippen molar-refractivity contribution in [2.45, 2.75) is 41.0 Å². The second-order valence-electron chi connectivity index (χ2n) is 8.25. The Kier molecular flexibility index (Phi) is 5.01. The van der Waals surface area contributed by atoms with Crippen LogP contribution < -0.4 is 5.32 Å². The van der Waals surface area contributed by atoms with Gasteiger partial charge in [0.05, 0.1) is 11.2 Å². The van der Waals surface area contributed by atoms with Crippen LogP contribution in [0.3, 0.4) is 0 Å². The van der Waals surface area contributed by atoms with Gasteiger partial charge in [-0.1, -0.05) is 26.8 Å². The summed E-state index contributed by atoms with van der Waals surface area (Å²) >= 11 is 0. The van der Waals surface area contributed by atoms with E-state index in [0.717, 1.165) is 39.0 Å². The number of benzene rings is 2. The molecule has 1 N–H and O–H groups in total. The fraction of sp³-hybridized carbons (Fsp3) is 0.304. The molecule has 0 fully saturated rings. The fourth-order valence-corrected chi connectivity index (χ4v) is 3.25. The van der Waals surface area contributed by atoms with E-state index in [-0.39, 0.29) is 17.1 Å². The van der Waals surface area contributed by atoms with Crippen molar-refractivity contribution < 1.29 is 9.18 Å². The molecule has 3 rings (SSSR count). The number of hydrogen-bond donors (Lipinski definition) is 1. The van der Waals surface area contributed by atoms with E-state index in [4.69, 9.17) is 4.98 Å². The van der Waals surface area contributed by atoms with Crippen molar-refractivity contribution in [1.29, 1.82) is 0 Å². The van der Waals surface area contributed by atoms with E-state index < -0.39 is 0 Å². The Hall–Kier alpha value is -2.75. The number of nitrogens with one attached hydrogen (secondary N) is 1. The van der Waals surface area contributed by atoms with E-state index in [1.165, 1.54) is 12.1 Å². The molecule has 140 valence electrons. The van der Waals surface area contributed by atoms with Crippen LogP contribution in [0, 0.1) is 25.1 Å². The topological polar surface area (TPSA) is 42.0 Å². The molecule has 3 aromatic rings. The lowest BCUT2D eigenvalue weighted by Crippen LogP contribution is -2.20. The molecule has 0 bridgehead atoms. The molecule has 0 aliphatic rings. The smallest absolute Gasteiger partial charge is 0.224 e. The van der Waals surface area contributed by atoms with Crippen LogP contribution in [-0.4, -0.2) is 10.9 Å². The highest BCUT2D eigenvalue weighted by Gasteiger charge is 2.18. The molecule has 1 amide bonds. The molecule has 0 radical (unpaired) electrons. The maximum atomic E-state index is 13.2. The summed E-state index contributed by atoms with van der Waals surface area (Å²) < 4.78 is 13.2. The van der Waals surface area contributed by atoms with Crippen LogP contribution in [0.1, 0.15) is 38.3 Å². The van der Waals surface area contributed by atoms with Crippen LogP contribution in [0.4, 0.5) is 10.1 Å². The Labute approximate surface area is 159 Å². The number of pyridine rings is 1. The lowest BCUT2D eigenvalue weighted by molar-refractivity contribution is -0.117. The van der Waals surface area contributed by atoms with E-state index in [1.807, 2.05) is 52.8 Å². The van der Waals surface area contributed by atoms with Gasteiger partial charge in [-0.15, -0.1) is 0 Å². The van der Waals surface area contributed by atoms with Crippen molar-refractivity contribution in [3.63, 3.8) is 0 Å². The van der Waals surface area contributed by atoms with Crippen molar-refractivity contribution in [2.24, 2.45) is 5.41 Å². The number of carbonyl (C=O) groups is 1. The maximum Gasteiger partial charge on any atom is 0.224 e. The Bertz CT molecular complexity index is 1000. The first-order valence-electron chi connectivity index (χ1n) is 9.11. The third kappa shape index (κ3) is 4.33. The molecule has 27 heavy (non-hydrogen) atoms. The van der Waals surface area contributed by atoms with Crippen molar-refractivity contribution >= 4 is 22.5 Å². The zero-order valence-electron chi connectivity index (χ0n) is 16.5. The summed E-state index contributed by atoms with van der Waals surface area (Å²) in [7, 11) is 0. The summed E-state index contributed by atoms with van der Waals surface area (Å²) in [5, 5.41) is 4.07. The number of rotatable bonds is 3. The zero-order valence-corrected chi connectivity index (χ0v) is 16.5. The van der Waals surface area contributed by atoms with Crippen LogP contribution in [-0.2, 0) is 4.79 Å². The summed E-state index contributed by atoms with van der Waals surface area (Å²) in [5.74, 6) is -0.245. The van der Waals surface area contributed by atoms with Crippen molar-refractivity contribution in [1.82, 2.24) is 4.98 Å². The summed E-state index contributed by atoms with van der Waals surface area (Å²) in [5.41, 5.74) is 5.31. The van der Waals surface area contributed by atoms with E-state index in [1.54, 1.807) is 12.1 Å². The monoisotopic (exact) mass is 364 g/mol. The number of carbonyl (C=O) groups excluding carboxylic acids is 1. The van der Waals surface area contributed by atoms with Gasteiger partial charge in [0.25, 0.3) is 0 Å². The van der Waals surface area contributed by atoms with Gasteiger partial charge in [0, 0.05) is 23.1 Å². The minimum Gasteiger partial charge on any atom is -0.326 e. The first-order valence-corrected chi connectivity index (χ1v) is 9.11. The number of hydrogen-bond acceptors (Lipinski definition) is 2. The van der Waals surface area contributed by atoms with Gasteiger partial charge < -0.3 is 5.32 Å². The Morgan fingerprint density at radius 3 is 2.37 bits per heavy atom. The number of aromatic nitrogens is 1. The molecule has 3 nitrogen and oxygen atoms in total. The number of fused-ring (bicyclic) bond motifs is 1. The molecule has 0 aliphatic heterocycles. The van der Waals surface area contributed by atoms with Crippen molar-refractivity contribution in [3.05, 3.63) is 59.4 Å².